The molecule has 0 atom stereocenters. The third kappa shape index (κ3) is 2.37. The molecule has 0 saturated heterocycles. The van der Waals surface area contributed by atoms with E-state index >= 15 is 0 Å². The van der Waals surface area contributed by atoms with Crippen LogP contribution in [0.1, 0.15) is 20.8 Å². The first-order valence-corrected chi connectivity index (χ1v) is 5.45. The van der Waals surface area contributed by atoms with Gasteiger partial charge in [0.15, 0.2) is 5.78 Å². The summed E-state index contributed by atoms with van der Waals surface area (Å²) in [4.78, 5) is 34.9. The molecule has 1 aliphatic carbocycles. The Morgan fingerprint density at radius 3 is 2.17 bits per heavy atom. The molecule has 1 N–H and O–H groups in total. The standard InChI is InChI=1S/C14H14O4/c1-4-5-6-7-10(15)11-8(2)13(17)14(18)9(3)12(11)16/h4-7,16H,1-3H3. The van der Waals surface area contributed by atoms with E-state index in [2.05, 4.69) is 0 Å². The van der Waals surface area contributed by atoms with E-state index < -0.39 is 23.1 Å². The predicted octanol–water partition coefficient (Wildman–Crippen LogP) is 1.99. The van der Waals surface area contributed by atoms with Gasteiger partial charge in [-0.25, -0.2) is 0 Å². The summed E-state index contributed by atoms with van der Waals surface area (Å²) in [6, 6.07) is 0. The van der Waals surface area contributed by atoms with E-state index in [0.29, 0.717) is 0 Å². The summed E-state index contributed by atoms with van der Waals surface area (Å²) in [5.41, 5.74) is -0.204. The maximum Gasteiger partial charge on any atom is 0.232 e. The summed E-state index contributed by atoms with van der Waals surface area (Å²) in [5.74, 6) is -2.41. The van der Waals surface area contributed by atoms with Crippen LogP contribution in [0.25, 0.3) is 0 Å². The molecule has 1 aliphatic rings. The average Bonchev–Trinajstić information content (AvgIpc) is 2.34. The fourth-order valence-corrected chi connectivity index (χ4v) is 1.57. The van der Waals surface area contributed by atoms with E-state index in [0.717, 1.165) is 0 Å². The normalized spacial score (nSPS) is 17.5. The second kappa shape index (κ2) is 5.40. The Hall–Kier alpha value is -2.23. The molecule has 0 heterocycles. The largest absolute Gasteiger partial charge is 0.507 e. The van der Waals surface area contributed by atoms with Gasteiger partial charge in [0.1, 0.15) is 5.76 Å². The number of allylic oxidation sites excluding steroid dienone is 7. The van der Waals surface area contributed by atoms with Crippen molar-refractivity contribution in [3.05, 3.63) is 46.8 Å². The SMILES string of the molecule is CC=CC=CC(=O)C1=C(C)C(=O)C(=O)C(C)=C1O. The van der Waals surface area contributed by atoms with E-state index in [4.69, 9.17) is 0 Å². The van der Waals surface area contributed by atoms with Gasteiger partial charge in [-0.15, -0.1) is 0 Å². The number of carbonyl (C=O) groups excluding carboxylic acids is 3. The van der Waals surface area contributed by atoms with Gasteiger partial charge in [0, 0.05) is 11.1 Å². The zero-order chi connectivity index (χ0) is 13.9. The van der Waals surface area contributed by atoms with Crippen LogP contribution in [-0.4, -0.2) is 22.5 Å². The molecule has 0 bridgehead atoms. The van der Waals surface area contributed by atoms with E-state index in [9.17, 15) is 19.5 Å². The fraction of sp³-hybridized carbons (Fsp3) is 0.214. The van der Waals surface area contributed by atoms with Crippen LogP contribution >= 0.6 is 0 Å². The second-order valence-electron chi connectivity index (χ2n) is 3.88. The third-order valence-corrected chi connectivity index (χ3v) is 2.65. The molecule has 0 amide bonds. The molecule has 0 aromatic heterocycles. The topological polar surface area (TPSA) is 71.4 Å². The Bertz CT molecular complexity index is 542. The molecule has 4 nitrogen and oxygen atoms in total. The van der Waals surface area contributed by atoms with Crippen molar-refractivity contribution >= 4 is 17.3 Å². The van der Waals surface area contributed by atoms with Gasteiger partial charge in [0.2, 0.25) is 11.6 Å². The van der Waals surface area contributed by atoms with Crippen LogP contribution < -0.4 is 0 Å². The highest BCUT2D eigenvalue weighted by Gasteiger charge is 2.32. The molecule has 0 aromatic carbocycles. The zero-order valence-corrected chi connectivity index (χ0v) is 10.5. The van der Waals surface area contributed by atoms with Gasteiger partial charge >= 0.3 is 0 Å². The number of hydrogen-bond donors (Lipinski definition) is 1. The second-order valence-corrected chi connectivity index (χ2v) is 3.88. The van der Waals surface area contributed by atoms with E-state index in [1.54, 1.807) is 19.1 Å². The Balaban J connectivity index is 3.26. The molecule has 0 unspecified atom stereocenters. The predicted molar refractivity (Wildman–Crippen MR) is 67.0 cm³/mol. The van der Waals surface area contributed by atoms with Crippen LogP contribution in [0.2, 0.25) is 0 Å². The van der Waals surface area contributed by atoms with Crippen molar-refractivity contribution in [1.29, 1.82) is 0 Å². The maximum atomic E-state index is 11.9. The molecule has 0 radical (unpaired) electrons. The Morgan fingerprint density at radius 1 is 1.06 bits per heavy atom. The van der Waals surface area contributed by atoms with Crippen LogP contribution in [0.3, 0.4) is 0 Å². The fourth-order valence-electron chi connectivity index (χ4n) is 1.57. The van der Waals surface area contributed by atoms with Crippen LogP contribution in [0.15, 0.2) is 46.8 Å². The smallest absolute Gasteiger partial charge is 0.232 e. The number of ketones is 3. The highest BCUT2D eigenvalue weighted by Crippen LogP contribution is 2.25. The highest BCUT2D eigenvalue weighted by molar-refractivity contribution is 6.51. The molecule has 0 aromatic rings. The first-order chi connectivity index (χ1) is 8.41. The Labute approximate surface area is 105 Å². The monoisotopic (exact) mass is 246 g/mol. The third-order valence-electron chi connectivity index (χ3n) is 2.65. The highest BCUT2D eigenvalue weighted by atomic mass is 16.3. The van der Waals surface area contributed by atoms with Crippen molar-refractivity contribution in [3.63, 3.8) is 0 Å². The first kappa shape index (κ1) is 13.8. The summed E-state index contributed by atoms with van der Waals surface area (Å²) in [6.45, 7) is 4.48. The first-order valence-electron chi connectivity index (χ1n) is 5.45. The molecule has 0 aliphatic heterocycles. The van der Waals surface area contributed by atoms with Crippen molar-refractivity contribution in [3.8, 4) is 0 Å². The lowest BCUT2D eigenvalue weighted by atomic mass is 9.88. The molecule has 0 saturated carbocycles. The summed E-state index contributed by atoms with van der Waals surface area (Å²) in [7, 11) is 0. The Morgan fingerprint density at radius 2 is 1.61 bits per heavy atom. The molecule has 0 fully saturated rings. The van der Waals surface area contributed by atoms with Gasteiger partial charge in [-0.2, -0.15) is 0 Å². The van der Waals surface area contributed by atoms with Crippen LogP contribution in [0.4, 0.5) is 0 Å². The molecular weight excluding hydrogens is 232 g/mol. The molecule has 0 spiro atoms. The van der Waals surface area contributed by atoms with Gasteiger partial charge in [0.05, 0.1) is 5.57 Å². The van der Waals surface area contributed by atoms with Crippen LogP contribution in [0.5, 0.6) is 0 Å². The lowest BCUT2D eigenvalue weighted by Crippen LogP contribution is -2.26. The van der Waals surface area contributed by atoms with Gasteiger partial charge in [0.25, 0.3) is 0 Å². The minimum absolute atomic E-state index is 0.0155. The number of rotatable bonds is 3. The van der Waals surface area contributed by atoms with E-state index in [1.807, 2.05) is 0 Å². The molecule has 18 heavy (non-hydrogen) atoms. The Kier molecular flexibility index (Phi) is 4.15. The van der Waals surface area contributed by atoms with Crippen molar-refractivity contribution in [2.45, 2.75) is 20.8 Å². The van der Waals surface area contributed by atoms with Crippen molar-refractivity contribution < 1.29 is 19.5 Å². The lowest BCUT2D eigenvalue weighted by molar-refractivity contribution is -0.132. The number of aliphatic hydroxyl groups excluding tert-OH is 1. The van der Waals surface area contributed by atoms with Crippen molar-refractivity contribution in [1.82, 2.24) is 0 Å². The maximum absolute atomic E-state index is 11.9. The number of hydrogen-bond acceptors (Lipinski definition) is 4. The van der Waals surface area contributed by atoms with Gasteiger partial charge < -0.3 is 5.11 Å². The lowest BCUT2D eigenvalue weighted by Gasteiger charge is -2.15. The van der Waals surface area contributed by atoms with Crippen LogP contribution in [-0.2, 0) is 14.4 Å². The minimum Gasteiger partial charge on any atom is -0.507 e. The summed E-state index contributed by atoms with van der Waals surface area (Å²) < 4.78 is 0. The zero-order valence-electron chi connectivity index (χ0n) is 10.5. The molecular formula is C14H14O4. The quantitative estimate of drug-likeness (QED) is 0.358. The molecule has 4 heteroatoms. The number of carbonyl (C=O) groups is 3. The average molecular weight is 246 g/mol. The van der Waals surface area contributed by atoms with Crippen LogP contribution in [0, 0.1) is 0 Å². The van der Waals surface area contributed by atoms with Crippen molar-refractivity contribution in [2.24, 2.45) is 0 Å². The molecule has 1 rings (SSSR count). The minimum atomic E-state index is -0.765. The van der Waals surface area contributed by atoms with Gasteiger partial charge in [-0.3, -0.25) is 14.4 Å². The van der Waals surface area contributed by atoms with E-state index in [1.165, 1.54) is 26.0 Å². The number of aliphatic hydroxyl groups is 1. The van der Waals surface area contributed by atoms with Gasteiger partial charge in [-0.05, 0) is 26.8 Å². The van der Waals surface area contributed by atoms with Gasteiger partial charge in [-0.1, -0.05) is 18.2 Å². The number of Topliss-reactive ketones (excluding diaryl/α,β-unsaturated/α-hetero) is 2. The summed E-state index contributed by atoms with van der Waals surface area (Å²) in [6.07, 6.45) is 6.14. The summed E-state index contributed by atoms with van der Waals surface area (Å²) >= 11 is 0. The van der Waals surface area contributed by atoms with E-state index in [-0.39, 0.29) is 16.7 Å². The summed E-state index contributed by atoms with van der Waals surface area (Å²) in [5, 5.41) is 9.80. The van der Waals surface area contributed by atoms with Crippen molar-refractivity contribution in [2.75, 3.05) is 0 Å². The molecule has 94 valence electrons.